The molecule has 1 saturated heterocycles. The number of aliphatic hydroxyl groups is 4. The number of hydrogen-bond donors (Lipinski definition) is 4. The fourth-order valence-electron chi connectivity index (χ4n) is 8.32. The van der Waals surface area contributed by atoms with Crippen molar-refractivity contribution in [1.82, 2.24) is 0 Å². The lowest BCUT2D eigenvalue weighted by Crippen LogP contribution is -2.59. The lowest BCUT2D eigenvalue weighted by molar-refractivity contribution is -0.305. The first kappa shape index (κ1) is 60.4. The fourth-order valence-corrected chi connectivity index (χ4v) is 8.32. The molecule has 1 aliphatic heterocycles. The van der Waals surface area contributed by atoms with Gasteiger partial charge in [0.05, 0.1) is 19.8 Å². The Kier molecular flexibility index (Phi) is 43.9. The molecule has 1 aliphatic rings. The van der Waals surface area contributed by atoms with Crippen LogP contribution in [0.2, 0.25) is 0 Å². The number of hydrogen-bond acceptors (Lipinski definition) is 9. The molecular formula is C55H102O9. The van der Waals surface area contributed by atoms with E-state index in [0.29, 0.717) is 13.0 Å². The summed E-state index contributed by atoms with van der Waals surface area (Å²) in [6.07, 6.45) is 50.4. The summed E-state index contributed by atoms with van der Waals surface area (Å²) < 4.78 is 22.9. The molecule has 0 aromatic rings. The van der Waals surface area contributed by atoms with Gasteiger partial charge in [0.25, 0.3) is 0 Å². The first-order chi connectivity index (χ1) is 31.4. The number of unbranched alkanes of at least 4 members (excludes halogenated alkanes) is 30. The van der Waals surface area contributed by atoms with Crippen LogP contribution in [0.5, 0.6) is 0 Å². The van der Waals surface area contributed by atoms with Crippen LogP contribution >= 0.6 is 0 Å². The molecule has 64 heavy (non-hydrogen) atoms. The van der Waals surface area contributed by atoms with Crippen LogP contribution in [0.1, 0.15) is 245 Å². The molecule has 0 amide bonds. The molecule has 0 aromatic heterocycles. The molecule has 1 heterocycles. The van der Waals surface area contributed by atoms with E-state index >= 15 is 0 Å². The molecular weight excluding hydrogens is 805 g/mol. The number of carbonyl (C=O) groups is 1. The smallest absolute Gasteiger partial charge is 0.306 e. The Hall–Kier alpha value is -1.59. The molecule has 6 atom stereocenters. The standard InChI is InChI=1S/C55H102O9/c1-3-5-7-9-11-13-15-17-19-21-23-24-25-27-29-31-33-35-37-39-41-43-45-61-47-49(48-62-55-54(60)53(59)52(58)50(46-56)64-55)63-51(57)44-42-40-38-36-34-32-30-28-26-22-20-18-16-14-12-10-8-6-4-2/h12,14,18,20,26,28,49-50,52-56,58-60H,3-11,13,15-17,19,21-25,27,29-48H2,1-2H3/b14-12-,20-18-,28-26-. The third kappa shape index (κ3) is 36.5. The Morgan fingerprint density at radius 3 is 1.39 bits per heavy atom. The van der Waals surface area contributed by atoms with Crippen molar-refractivity contribution in [2.24, 2.45) is 0 Å². The summed E-state index contributed by atoms with van der Waals surface area (Å²) in [5.41, 5.74) is 0. The highest BCUT2D eigenvalue weighted by Gasteiger charge is 2.44. The molecule has 9 nitrogen and oxygen atoms in total. The summed E-state index contributed by atoms with van der Waals surface area (Å²) in [7, 11) is 0. The number of carbonyl (C=O) groups excluding carboxylic acids is 1. The van der Waals surface area contributed by atoms with E-state index in [-0.39, 0.29) is 19.2 Å². The van der Waals surface area contributed by atoms with Crippen molar-refractivity contribution in [3.63, 3.8) is 0 Å². The Morgan fingerprint density at radius 1 is 0.500 bits per heavy atom. The maximum absolute atomic E-state index is 12.8. The van der Waals surface area contributed by atoms with Crippen LogP contribution in [-0.4, -0.2) is 89.6 Å². The second kappa shape index (κ2) is 46.5. The maximum atomic E-state index is 12.8. The van der Waals surface area contributed by atoms with Gasteiger partial charge in [-0.3, -0.25) is 4.79 Å². The van der Waals surface area contributed by atoms with Crippen molar-refractivity contribution in [2.45, 2.75) is 282 Å². The lowest BCUT2D eigenvalue weighted by atomic mass is 9.99. The van der Waals surface area contributed by atoms with Gasteiger partial charge in [-0.1, -0.05) is 224 Å². The van der Waals surface area contributed by atoms with Crippen LogP contribution in [-0.2, 0) is 23.7 Å². The van der Waals surface area contributed by atoms with Crippen LogP contribution in [0.3, 0.4) is 0 Å². The summed E-state index contributed by atoms with van der Waals surface area (Å²) in [6, 6.07) is 0. The maximum Gasteiger partial charge on any atom is 0.306 e. The first-order valence-corrected chi connectivity index (χ1v) is 27.1. The number of rotatable bonds is 47. The molecule has 1 fully saturated rings. The lowest BCUT2D eigenvalue weighted by Gasteiger charge is -2.39. The summed E-state index contributed by atoms with van der Waals surface area (Å²) >= 11 is 0. The molecule has 376 valence electrons. The van der Waals surface area contributed by atoms with Crippen LogP contribution in [0.15, 0.2) is 36.5 Å². The van der Waals surface area contributed by atoms with Crippen molar-refractivity contribution in [2.75, 3.05) is 26.4 Å². The van der Waals surface area contributed by atoms with Gasteiger partial charge in [0.2, 0.25) is 0 Å². The zero-order chi connectivity index (χ0) is 46.4. The van der Waals surface area contributed by atoms with Gasteiger partial charge < -0.3 is 39.4 Å². The van der Waals surface area contributed by atoms with Crippen molar-refractivity contribution in [1.29, 1.82) is 0 Å². The summed E-state index contributed by atoms with van der Waals surface area (Å²) in [4.78, 5) is 12.8. The zero-order valence-electron chi connectivity index (χ0n) is 41.5. The zero-order valence-corrected chi connectivity index (χ0v) is 41.5. The Bertz CT molecular complexity index is 1080. The SMILES string of the molecule is CCCCC/C=C\C/C=C\C/C=C\CCCCCCCCC(=O)OC(COCCCCCCCCCCCCCCCCCCCCCCCC)COC1OC(CO)C(O)C(O)C1O. The van der Waals surface area contributed by atoms with Gasteiger partial charge in [-0.15, -0.1) is 0 Å². The second-order valence-corrected chi connectivity index (χ2v) is 18.7. The Balaban J connectivity index is 2.18. The van der Waals surface area contributed by atoms with E-state index < -0.39 is 43.4 Å². The average Bonchev–Trinajstić information content (AvgIpc) is 3.30. The van der Waals surface area contributed by atoms with Gasteiger partial charge in [0.1, 0.15) is 30.5 Å². The highest BCUT2D eigenvalue weighted by Crippen LogP contribution is 2.23. The van der Waals surface area contributed by atoms with E-state index in [9.17, 15) is 25.2 Å². The average molecular weight is 907 g/mol. The van der Waals surface area contributed by atoms with Gasteiger partial charge in [0, 0.05) is 13.0 Å². The number of allylic oxidation sites excluding steroid dienone is 6. The van der Waals surface area contributed by atoms with Gasteiger partial charge in [-0.05, 0) is 51.4 Å². The van der Waals surface area contributed by atoms with E-state index in [0.717, 1.165) is 57.8 Å². The first-order valence-electron chi connectivity index (χ1n) is 27.1. The van der Waals surface area contributed by atoms with Gasteiger partial charge >= 0.3 is 5.97 Å². The van der Waals surface area contributed by atoms with Gasteiger partial charge in [-0.2, -0.15) is 0 Å². The molecule has 0 aliphatic carbocycles. The minimum absolute atomic E-state index is 0.116. The molecule has 6 unspecified atom stereocenters. The molecule has 4 N–H and O–H groups in total. The number of aliphatic hydroxyl groups excluding tert-OH is 4. The predicted molar refractivity (Wildman–Crippen MR) is 265 cm³/mol. The number of esters is 1. The molecule has 9 heteroatoms. The van der Waals surface area contributed by atoms with E-state index in [1.54, 1.807) is 0 Å². The summed E-state index contributed by atoms with van der Waals surface area (Å²) in [5, 5.41) is 40.3. The fraction of sp³-hybridized carbons (Fsp3) is 0.873. The summed E-state index contributed by atoms with van der Waals surface area (Å²) in [6.45, 7) is 4.56. The van der Waals surface area contributed by atoms with Gasteiger partial charge in [-0.25, -0.2) is 0 Å². The Labute approximate surface area is 393 Å². The molecule has 1 rings (SSSR count). The quantitative estimate of drug-likeness (QED) is 0.0267. The van der Waals surface area contributed by atoms with Crippen LogP contribution in [0, 0.1) is 0 Å². The molecule has 0 spiro atoms. The minimum atomic E-state index is -1.54. The topological polar surface area (TPSA) is 135 Å². The van der Waals surface area contributed by atoms with Crippen LogP contribution in [0.25, 0.3) is 0 Å². The summed E-state index contributed by atoms with van der Waals surface area (Å²) in [5.74, 6) is -0.322. The highest BCUT2D eigenvalue weighted by atomic mass is 16.7. The third-order valence-electron chi connectivity index (χ3n) is 12.6. The van der Waals surface area contributed by atoms with Crippen LogP contribution < -0.4 is 0 Å². The highest BCUT2D eigenvalue weighted by molar-refractivity contribution is 5.69. The van der Waals surface area contributed by atoms with Crippen LogP contribution in [0.4, 0.5) is 0 Å². The van der Waals surface area contributed by atoms with Gasteiger partial charge in [0.15, 0.2) is 6.29 Å². The van der Waals surface area contributed by atoms with Crippen molar-refractivity contribution < 1.29 is 44.2 Å². The molecule has 0 bridgehead atoms. The molecule has 0 radical (unpaired) electrons. The Morgan fingerprint density at radius 2 is 0.906 bits per heavy atom. The van der Waals surface area contributed by atoms with E-state index in [1.165, 1.54) is 167 Å². The van der Waals surface area contributed by atoms with E-state index in [1.807, 2.05) is 0 Å². The van der Waals surface area contributed by atoms with E-state index in [2.05, 4.69) is 50.3 Å². The normalized spacial score (nSPS) is 19.8. The van der Waals surface area contributed by atoms with Crippen molar-refractivity contribution >= 4 is 5.97 Å². The third-order valence-corrected chi connectivity index (χ3v) is 12.6. The second-order valence-electron chi connectivity index (χ2n) is 18.7. The molecule has 0 aromatic carbocycles. The largest absolute Gasteiger partial charge is 0.457 e. The predicted octanol–water partition coefficient (Wildman–Crippen LogP) is 13.5. The number of ether oxygens (including phenoxy) is 4. The minimum Gasteiger partial charge on any atom is -0.457 e. The molecule has 0 saturated carbocycles. The monoisotopic (exact) mass is 907 g/mol. The van der Waals surface area contributed by atoms with Crippen molar-refractivity contribution in [3.8, 4) is 0 Å². The van der Waals surface area contributed by atoms with Crippen molar-refractivity contribution in [3.05, 3.63) is 36.5 Å². The van der Waals surface area contributed by atoms with E-state index in [4.69, 9.17) is 18.9 Å².